The van der Waals surface area contributed by atoms with E-state index in [9.17, 15) is 9.18 Å². The minimum Gasteiger partial charge on any atom is -0.442 e. The molecule has 0 aromatic heterocycles. The van der Waals surface area contributed by atoms with Gasteiger partial charge in [-0.15, -0.1) is 0 Å². The zero-order valence-corrected chi connectivity index (χ0v) is 10.6. The third-order valence-electron chi connectivity index (χ3n) is 2.57. The molecule has 18 heavy (non-hydrogen) atoms. The Balaban J connectivity index is 2.77. The number of carbonyl (C=O) groups excluding carboxylic acids is 1. The van der Waals surface area contributed by atoms with Crippen LogP contribution in [0.25, 0.3) is 0 Å². The molecule has 0 heterocycles. The number of ether oxygens (including phenoxy) is 2. The van der Waals surface area contributed by atoms with Crippen LogP contribution in [0, 0.1) is 11.7 Å². The second kappa shape index (κ2) is 6.96. The molecule has 0 radical (unpaired) electrons. The maximum Gasteiger partial charge on any atom is 0.405 e. The van der Waals surface area contributed by atoms with E-state index in [4.69, 9.17) is 15.2 Å². The lowest BCUT2D eigenvalue weighted by molar-refractivity contribution is 0.0739. The van der Waals surface area contributed by atoms with Crippen molar-refractivity contribution in [2.24, 2.45) is 11.7 Å². The van der Waals surface area contributed by atoms with Gasteiger partial charge in [-0.3, -0.25) is 0 Å². The van der Waals surface area contributed by atoms with Gasteiger partial charge in [-0.05, 0) is 30.0 Å². The van der Waals surface area contributed by atoms with Gasteiger partial charge < -0.3 is 15.2 Å². The summed E-state index contributed by atoms with van der Waals surface area (Å²) in [4.78, 5) is 10.9. The average Bonchev–Trinajstić information content (AvgIpc) is 2.28. The molecule has 0 bridgehead atoms. The molecule has 0 aliphatic heterocycles. The van der Waals surface area contributed by atoms with E-state index in [1.54, 1.807) is 19.2 Å². The molecule has 0 unspecified atom stereocenters. The van der Waals surface area contributed by atoms with Gasteiger partial charge in [0.05, 0.1) is 0 Å². The fourth-order valence-corrected chi connectivity index (χ4v) is 1.79. The van der Waals surface area contributed by atoms with Gasteiger partial charge in [0.25, 0.3) is 0 Å². The standard InChI is InChI=1S/C13H18FNO3/c1-9(8-17-2)7-12(18-13(15)16)10-3-5-11(14)6-4-10/h3-6,9,12H,7-8H2,1-2H3,(H2,15,16)/t9-,12-/m1/s1. The van der Waals surface area contributed by atoms with Crippen molar-refractivity contribution in [3.05, 3.63) is 35.6 Å². The first-order chi connectivity index (χ1) is 8.52. The summed E-state index contributed by atoms with van der Waals surface area (Å²) in [7, 11) is 1.61. The Labute approximate surface area is 106 Å². The SMILES string of the molecule is COC[C@H](C)C[C@@H](OC(N)=O)c1ccc(F)cc1. The second-order valence-corrected chi connectivity index (χ2v) is 4.27. The zero-order chi connectivity index (χ0) is 13.5. The third kappa shape index (κ3) is 4.71. The van der Waals surface area contributed by atoms with Crippen molar-refractivity contribution in [3.8, 4) is 0 Å². The molecule has 0 fully saturated rings. The summed E-state index contributed by atoms with van der Waals surface area (Å²) < 4.78 is 22.9. The Morgan fingerprint density at radius 3 is 2.50 bits per heavy atom. The lowest BCUT2D eigenvalue weighted by atomic mass is 9.98. The summed E-state index contributed by atoms with van der Waals surface area (Å²) in [6, 6.07) is 5.83. The summed E-state index contributed by atoms with van der Waals surface area (Å²) >= 11 is 0. The van der Waals surface area contributed by atoms with Crippen LogP contribution in [-0.4, -0.2) is 19.8 Å². The molecule has 1 amide bonds. The highest BCUT2D eigenvalue weighted by molar-refractivity contribution is 5.65. The number of amides is 1. The Morgan fingerprint density at radius 1 is 1.39 bits per heavy atom. The van der Waals surface area contributed by atoms with Crippen molar-refractivity contribution < 1.29 is 18.7 Å². The minimum absolute atomic E-state index is 0.199. The number of hydrogen-bond donors (Lipinski definition) is 1. The summed E-state index contributed by atoms with van der Waals surface area (Å²) in [5.74, 6) is -0.133. The molecule has 1 rings (SSSR count). The topological polar surface area (TPSA) is 61.6 Å². The molecule has 100 valence electrons. The zero-order valence-electron chi connectivity index (χ0n) is 10.6. The Morgan fingerprint density at radius 2 is 2.00 bits per heavy atom. The van der Waals surface area contributed by atoms with E-state index in [1.165, 1.54) is 12.1 Å². The highest BCUT2D eigenvalue weighted by Crippen LogP contribution is 2.25. The first-order valence-corrected chi connectivity index (χ1v) is 5.73. The maximum atomic E-state index is 12.8. The predicted octanol–water partition coefficient (Wildman–Crippen LogP) is 2.63. The normalized spacial score (nSPS) is 13.9. The van der Waals surface area contributed by atoms with Crippen molar-refractivity contribution in [3.63, 3.8) is 0 Å². The highest BCUT2D eigenvalue weighted by atomic mass is 19.1. The number of halogens is 1. The molecular weight excluding hydrogens is 237 g/mol. The van der Waals surface area contributed by atoms with Gasteiger partial charge in [0.15, 0.2) is 0 Å². The average molecular weight is 255 g/mol. The van der Waals surface area contributed by atoms with Crippen molar-refractivity contribution in [2.45, 2.75) is 19.4 Å². The highest BCUT2D eigenvalue weighted by Gasteiger charge is 2.18. The van der Waals surface area contributed by atoms with E-state index in [0.29, 0.717) is 13.0 Å². The number of methoxy groups -OCH3 is 1. The van der Waals surface area contributed by atoms with E-state index in [0.717, 1.165) is 5.56 Å². The molecule has 0 saturated heterocycles. The molecule has 4 nitrogen and oxygen atoms in total. The quantitative estimate of drug-likeness (QED) is 0.850. The number of benzene rings is 1. The monoisotopic (exact) mass is 255 g/mol. The molecule has 2 atom stereocenters. The fraction of sp³-hybridized carbons (Fsp3) is 0.462. The molecule has 1 aromatic rings. The first kappa shape index (κ1) is 14.4. The summed E-state index contributed by atoms with van der Waals surface area (Å²) in [6.07, 6.45) is -0.746. The van der Waals surface area contributed by atoms with E-state index >= 15 is 0 Å². The molecule has 1 aromatic carbocycles. The van der Waals surface area contributed by atoms with E-state index in [1.807, 2.05) is 6.92 Å². The lowest BCUT2D eigenvalue weighted by Gasteiger charge is -2.20. The fourth-order valence-electron chi connectivity index (χ4n) is 1.79. The molecular formula is C13H18FNO3. The van der Waals surface area contributed by atoms with Crippen LogP contribution in [0.1, 0.15) is 25.0 Å². The molecule has 0 aliphatic carbocycles. The number of primary amides is 1. The van der Waals surface area contributed by atoms with Crippen LogP contribution in [0.3, 0.4) is 0 Å². The molecule has 0 spiro atoms. The van der Waals surface area contributed by atoms with Crippen LogP contribution >= 0.6 is 0 Å². The number of rotatable bonds is 6. The van der Waals surface area contributed by atoms with Crippen LogP contribution in [0.4, 0.5) is 9.18 Å². The van der Waals surface area contributed by atoms with Gasteiger partial charge in [0.1, 0.15) is 11.9 Å². The largest absolute Gasteiger partial charge is 0.442 e. The second-order valence-electron chi connectivity index (χ2n) is 4.27. The minimum atomic E-state index is -0.839. The number of nitrogens with two attached hydrogens (primary N) is 1. The molecule has 2 N–H and O–H groups in total. The van der Waals surface area contributed by atoms with Crippen LogP contribution in [-0.2, 0) is 9.47 Å². The van der Waals surface area contributed by atoms with Gasteiger partial charge in [0.2, 0.25) is 0 Å². The first-order valence-electron chi connectivity index (χ1n) is 5.73. The summed E-state index contributed by atoms with van der Waals surface area (Å²) in [5, 5.41) is 0. The lowest BCUT2D eigenvalue weighted by Crippen LogP contribution is -2.20. The van der Waals surface area contributed by atoms with Crippen molar-refractivity contribution >= 4 is 6.09 Å². The van der Waals surface area contributed by atoms with Crippen LogP contribution in [0.2, 0.25) is 0 Å². The van der Waals surface area contributed by atoms with Gasteiger partial charge in [0, 0.05) is 13.7 Å². The maximum absolute atomic E-state index is 12.8. The van der Waals surface area contributed by atoms with E-state index < -0.39 is 12.2 Å². The van der Waals surface area contributed by atoms with E-state index in [-0.39, 0.29) is 11.7 Å². The Hall–Kier alpha value is -1.62. The summed E-state index contributed by atoms with van der Waals surface area (Å²) in [5.41, 5.74) is 5.76. The molecule has 5 heteroatoms. The van der Waals surface area contributed by atoms with Gasteiger partial charge in [-0.1, -0.05) is 19.1 Å². The predicted molar refractivity (Wildman–Crippen MR) is 65.5 cm³/mol. The van der Waals surface area contributed by atoms with Crippen LogP contribution in [0.5, 0.6) is 0 Å². The number of carbonyl (C=O) groups is 1. The van der Waals surface area contributed by atoms with Crippen LogP contribution in [0.15, 0.2) is 24.3 Å². The Bertz CT molecular complexity index is 380. The number of hydrogen-bond acceptors (Lipinski definition) is 3. The van der Waals surface area contributed by atoms with Crippen molar-refractivity contribution in [2.75, 3.05) is 13.7 Å². The van der Waals surface area contributed by atoms with Gasteiger partial charge in [-0.2, -0.15) is 0 Å². The smallest absolute Gasteiger partial charge is 0.405 e. The Kier molecular flexibility index (Phi) is 5.58. The van der Waals surface area contributed by atoms with E-state index in [2.05, 4.69) is 0 Å². The van der Waals surface area contributed by atoms with Crippen molar-refractivity contribution in [1.82, 2.24) is 0 Å². The summed E-state index contributed by atoms with van der Waals surface area (Å²) in [6.45, 7) is 2.53. The van der Waals surface area contributed by atoms with Crippen molar-refractivity contribution in [1.29, 1.82) is 0 Å². The molecule has 0 saturated carbocycles. The third-order valence-corrected chi connectivity index (χ3v) is 2.57. The van der Waals surface area contributed by atoms with Gasteiger partial charge >= 0.3 is 6.09 Å². The molecule has 0 aliphatic rings. The van der Waals surface area contributed by atoms with Crippen LogP contribution < -0.4 is 5.73 Å². The van der Waals surface area contributed by atoms with Gasteiger partial charge in [-0.25, -0.2) is 9.18 Å².